The second-order valence-electron chi connectivity index (χ2n) is 5.09. The number of nitrogens with one attached hydrogen (secondary N) is 1. The lowest BCUT2D eigenvalue weighted by molar-refractivity contribution is -0.112. The molecule has 2 aromatic carbocycles. The Bertz CT molecular complexity index is 880. The number of carbonyl (C=O) groups excluding carboxylic acids is 2. The standard InChI is InChI=1S/C17H13ClN4O3/c1-11-15(16(23)22(20-11)14-8-3-2-4-9-14)21-25-17(24)19-13-7-5-6-12(18)10-13/h2-10H,1H3,(H,19,24). The molecule has 0 fully saturated rings. The number of nitrogens with zero attached hydrogens (tertiary/aromatic N) is 3. The Kier molecular flexibility index (Phi) is 4.76. The van der Waals surface area contributed by atoms with Crippen molar-refractivity contribution >= 4 is 46.4 Å². The molecule has 0 atom stereocenters. The van der Waals surface area contributed by atoms with E-state index in [4.69, 9.17) is 16.4 Å². The molecule has 8 heteroatoms. The number of carbonyl (C=O) groups is 2. The smallest absolute Gasteiger partial charge is 0.297 e. The summed E-state index contributed by atoms with van der Waals surface area (Å²) >= 11 is 5.84. The molecule has 126 valence electrons. The molecular weight excluding hydrogens is 344 g/mol. The summed E-state index contributed by atoms with van der Waals surface area (Å²) in [7, 11) is 0. The first-order valence-electron chi connectivity index (χ1n) is 7.31. The van der Waals surface area contributed by atoms with E-state index in [9.17, 15) is 9.59 Å². The topological polar surface area (TPSA) is 83.4 Å². The van der Waals surface area contributed by atoms with Crippen molar-refractivity contribution < 1.29 is 14.4 Å². The number of benzene rings is 2. The third kappa shape index (κ3) is 3.84. The average molecular weight is 357 g/mol. The summed E-state index contributed by atoms with van der Waals surface area (Å²) in [5.41, 5.74) is 1.36. The van der Waals surface area contributed by atoms with Crippen molar-refractivity contribution in [3.05, 3.63) is 59.6 Å². The molecule has 0 spiro atoms. The fraction of sp³-hybridized carbons (Fsp3) is 0.0588. The van der Waals surface area contributed by atoms with Gasteiger partial charge in [-0.1, -0.05) is 41.0 Å². The minimum absolute atomic E-state index is 0.0369. The summed E-state index contributed by atoms with van der Waals surface area (Å²) in [6.45, 7) is 1.61. The van der Waals surface area contributed by atoms with Gasteiger partial charge in [0.05, 0.1) is 11.4 Å². The highest BCUT2D eigenvalue weighted by atomic mass is 35.5. The number of halogens is 1. The van der Waals surface area contributed by atoms with Crippen molar-refractivity contribution in [2.24, 2.45) is 10.3 Å². The summed E-state index contributed by atoms with van der Waals surface area (Å²) in [6, 6.07) is 15.4. The van der Waals surface area contributed by atoms with Crippen LogP contribution in [-0.2, 0) is 9.63 Å². The summed E-state index contributed by atoms with van der Waals surface area (Å²) in [4.78, 5) is 28.9. The molecular formula is C17H13ClN4O3. The predicted octanol–water partition coefficient (Wildman–Crippen LogP) is 3.67. The number of anilines is 2. The van der Waals surface area contributed by atoms with Gasteiger partial charge in [0.2, 0.25) is 0 Å². The van der Waals surface area contributed by atoms with Gasteiger partial charge in [0.15, 0.2) is 5.71 Å². The molecule has 0 aromatic heterocycles. The number of rotatable bonds is 3. The number of amides is 2. The van der Waals surface area contributed by atoms with Gasteiger partial charge in [0.1, 0.15) is 0 Å². The van der Waals surface area contributed by atoms with Gasteiger partial charge in [0.25, 0.3) is 0 Å². The van der Waals surface area contributed by atoms with Crippen molar-refractivity contribution in [1.82, 2.24) is 0 Å². The van der Waals surface area contributed by atoms with Gasteiger partial charge in [0, 0.05) is 10.7 Å². The Morgan fingerprint density at radius 2 is 1.96 bits per heavy atom. The Labute approximate surface area is 148 Å². The van der Waals surface area contributed by atoms with E-state index in [1.54, 1.807) is 55.5 Å². The van der Waals surface area contributed by atoms with E-state index in [2.05, 4.69) is 15.6 Å². The SMILES string of the molecule is CC1=NN(c2ccccc2)C(=O)C1=NOC(=O)Nc1cccc(Cl)c1. The van der Waals surface area contributed by atoms with Crippen LogP contribution in [0.15, 0.2) is 64.9 Å². The summed E-state index contributed by atoms with van der Waals surface area (Å²) < 4.78 is 0. The van der Waals surface area contributed by atoms with E-state index >= 15 is 0 Å². The van der Waals surface area contributed by atoms with E-state index in [0.717, 1.165) is 0 Å². The van der Waals surface area contributed by atoms with Crippen molar-refractivity contribution in [1.29, 1.82) is 0 Å². The first-order valence-corrected chi connectivity index (χ1v) is 7.69. The average Bonchev–Trinajstić information content (AvgIpc) is 2.88. The van der Waals surface area contributed by atoms with Crippen LogP contribution in [0, 0.1) is 0 Å². The molecule has 1 N–H and O–H groups in total. The van der Waals surface area contributed by atoms with E-state index < -0.39 is 12.0 Å². The Balaban J connectivity index is 1.68. The zero-order chi connectivity index (χ0) is 17.8. The van der Waals surface area contributed by atoms with Gasteiger partial charge in [-0.3, -0.25) is 14.9 Å². The zero-order valence-corrected chi connectivity index (χ0v) is 13.9. The maximum atomic E-state index is 12.4. The minimum Gasteiger partial charge on any atom is -0.297 e. The van der Waals surface area contributed by atoms with Crippen LogP contribution in [0.2, 0.25) is 5.02 Å². The number of hydrazone groups is 1. The molecule has 7 nitrogen and oxygen atoms in total. The fourth-order valence-corrected chi connectivity index (χ4v) is 2.33. The van der Waals surface area contributed by atoms with Crippen LogP contribution in [0.3, 0.4) is 0 Å². The Hall–Kier alpha value is -3.19. The van der Waals surface area contributed by atoms with E-state index in [1.165, 1.54) is 5.01 Å². The third-order valence-electron chi connectivity index (χ3n) is 3.28. The van der Waals surface area contributed by atoms with Crippen molar-refractivity contribution in [2.75, 3.05) is 10.3 Å². The van der Waals surface area contributed by atoms with Gasteiger partial charge in [-0.05, 0) is 37.3 Å². The maximum Gasteiger partial charge on any atom is 0.437 e. The van der Waals surface area contributed by atoms with Gasteiger partial charge < -0.3 is 0 Å². The first-order chi connectivity index (χ1) is 12.0. The molecule has 0 unspecified atom stereocenters. The van der Waals surface area contributed by atoms with E-state index in [1.807, 2.05) is 6.07 Å². The monoisotopic (exact) mass is 356 g/mol. The predicted molar refractivity (Wildman–Crippen MR) is 96.0 cm³/mol. The van der Waals surface area contributed by atoms with Crippen molar-refractivity contribution in [3.8, 4) is 0 Å². The molecule has 0 saturated heterocycles. The van der Waals surface area contributed by atoms with Gasteiger partial charge >= 0.3 is 12.0 Å². The lowest BCUT2D eigenvalue weighted by atomic mass is 10.2. The normalized spacial score (nSPS) is 15.3. The third-order valence-corrected chi connectivity index (χ3v) is 3.51. The largest absolute Gasteiger partial charge is 0.437 e. The van der Waals surface area contributed by atoms with E-state index in [-0.39, 0.29) is 5.71 Å². The van der Waals surface area contributed by atoms with Crippen LogP contribution in [0.4, 0.5) is 16.2 Å². The molecule has 3 rings (SSSR count). The fourth-order valence-electron chi connectivity index (χ4n) is 2.14. The highest BCUT2D eigenvalue weighted by Crippen LogP contribution is 2.19. The van der Waals surface area contributed by atoms with Crippen LogP contribution in [0.5, 0.6) is 0 Å². The lowest BCUT2D eigenvalue weighted by Gasteiger charge is -2.10. The number of para-hydroxylation sites is 1. The molecule has 0 radical (unpaired) electrons. The zero-order valence-electron chi connectivity index (χ0n) is 13.1. The molecule has 1 heterocycles. The van der Waals surface area contributed by atoms with Crippen LogP contribution in [0.25, 0.3) is 0 Å². The van der Waals surface area contributed by atoms with E-state index in [0.29, 0.717) is 22.1 Å². The quantitative estimate of drug-likeness (QED) is 0.672. The second-order valence-corrected chi connectivity index (χ2v) is 5.53. The number of hydrogen-bond acceptors (Lipinski definition) is 5. The molecule has 25 heavy (non-hydrogen) atoms. The number of hydrogen-bond donors (Lipinski definition) is 1. The minimum atomic E-state index is -0.839. The Morgan fingerprint density at radius 1 is 1.20 bits per heavy atom. The summed E-state index contributed by atoms with van der Waals surface area (Å²) in [5.74, 6) is -0.473. The van der Waals surface area contributed by atoms with Gasteiger partial charge in [-0.15, -0.1) is 0 Å². The molecule has 2 amide bonds. The lowest BCUT2D eigenvalue weighted by Crippen LogP contribution is -2.27. The molecule has 0 saturated carbocycles. The first kappa shape index (κ1) is 16.7. The molecule has 0 aliphatic carbocycles. The van der Waals surface area contributed by atoms with Gasteiger partial charge in [-0.25, -0.2) is 4.79 Å². The highest BCUT2D eigenvalue weighted by Gasteiger charge is 2.31. The van der Waals surface area contributed by atoms with Crippen molar-refractivity contribution in [2.45, 2.75) is 6.92 Å². The maximum absolute atomic E-state index is 12.4. The molecule has 1 aliphatic heterocycles. The summed E-state index contributed by atoms with van der Waals surface area (Å²) in [5, 5.41) is 11.9. The van der Waals surface area contributed by atoms with Crippen LogP contribution >= 0.6 is 11.6 Å². The van der Waals surface area contributed by atoms with Crippen LogP contribution in [0.1, 0.15) is 6.92 Å². The Morgan fingerprint density at radius 3 is 2.68 bits per heavy atom. The van der Waals surface area contributed by atoms with Crippen LogP contribution in [-0.4, -0.2) is 23.4 Å². The molecule has 0 bridgehead atoms. The molecule has 2 aromatic rings. The number of oxime groups is 1. The van der Waals surface area contributed by atoms with Crippen molar-refractivity contribution in [3.63, 3.8) is 0 Å². The van der Waals surface area contributed by atoms with Crippen LogP contribution < -0.4 is 10.3 Å². The van der Waals surface area contributed by atoms with Gasteiger partial charge in [-0.2, -0.15) is 10.1 Å². The molecule has 1 aliphatic rings. The summed E-state index contributed by atoms with van der Waals surface area (Å²) in [6.07, 6.45) is -0.839. The highest BCUT2D eigenvalue weighted by molar-refractivity contribution is 6.71. The second kappa shape index (κ2) is 7.14.